The third-order valence-electron chi connectivity index (χ3n) is 3.07. The molecule has 0 bridgehead atoms. The van der Waals surface area contributed by atoms with Gasteiger partial charge in [-0.2, -0.15) is 0 Å². The highest BCUT2D eigenvalue weighted by Gasteiger charge is 2.13. The summed E-state index contributed by atoms with van der Waals surface area (Å²) in [6, 6.07) is 0. The number of nitrogens with one attached hydrogen (secondary N) is 1. The standard InChI is InChI=1S/C13H27N3O.HI/c1-3-17-12-8-5-9-15-13(14-2)16-10-6-4-7-11-16;/h3-12H2,1-2H3,(H,14,15);1H. The molecular formula is C13H28IN3O. The summed E-state index contributed by atoms with van der Waals surface area (Å²) in [4.78, 5) is 6.71. The van der Waals surface area contributed by atoms with Crippen molar-refractivity contribution in [3.63, 3.8) is 0 Å². The zero-order valence-electron chi connectivity index (χ0n) is 11.8. The number of nitrogens with zero attached hydrogens (tertiary/aromatic N) is 2. The molecule has 0 aromatic carbocycles. The molecule has 0 spiro atoms. The van der Waals surface area contributed by atoms with Crippen molar-refractivity contribution in [1.29, 1.82) is 0 Å². The quantitative estimate of drug-likeness (QED) is 0.338. The van der Waals surface area contributed by atoms with E-state index >= 15 is 0 Å². The predicted octanol–water partition coefficient (Wildman–Crippen LogP) is 2.48. The lowest BCUT2D eigenvalue weighted by atomic mass is 10.1. The molecule has 1 saturated heterocycles. The van der Waals surface area contributed by atoms with Crippen LogP contribution in [0.2, 0.25) is 0 Å². The molecule has 1 fully saturated rings. The fraction of sp³-hybridized carbons (Fsp3) is 0.923. The van der Waals surface area contributed by atoms with Gasteiger partial charge in [-0.05, 0) is 39.0 Å². The van der Waals surface area contributed by atoms with E-state index in [9.17, 15) is 0 Å². The van der Waals surface area contributed by atoms with Gasteiger partial charge in [-0.1, -0.05) is 0 Å². The maximum Gasteiger partial charge on any atom is 0.193 e. The van der Waals surface area contributed by atoms with E-state index in [0.29, 0.717) is 0 Å². The van der Waals surface area contributed by atoms with Crippen molar-refractivity contribution >= 4 is 29.9 Å². The van der Waals surface area contributed by atoms with Crippen molar-refractivity contribution in [3.8, 4) is 0 Å². The van der Waals surface area contributed by atoms with Crippen LogP contribution in [0, 0.1) is 0 Å². The molecule has 5 heteroatoms. The van der Waals surface area contributed by atoms with E-state index in [1.54, 1.807) is 0 Å². The van der Waals surface area contributed by atoms with Gasteiger partial charge in [0.05, 0.1) is 0 Å². The van der Waals surface area contributed by atoms with E-state index in [2.05, 4.69) is 15.2 Å². The SMILES string of the molecule is CCOCCCCNC(=NC)N1CCCCC1.I. The number of halogens is 1. The molecule has 0 aromatic heterocycles. The first-order valence-electron chi connectivity index (χ1n) is 6.91. The predicted molar refractivity (Wildman–Crippen MR) is 87.9 cm³/mol. The van der Waals surface area contributed by atoms with E-state index in [4.69, 9.17) is 4.74 Å². The first-order chi connectivity index (χ1) is 8.38. The molecular weight excluding hydrogens is 341 g/mol. The van der Waals surface area contributed by atoms with E-state index in [0.717, 1.165) is 51.6 Å². The fourth-order valence-electron chi connectivity index (χ4n) is 2.11. The van der Waals surface area contributed by atoms with Gasteiger partial charge in [0.2, 0.25) is 0 Å². The Balaban J connectivity index is 0.00000289. The third-order valence-corrected chi connectivity index (χ3v) is 3.07. The summed E-state index contributed by atoms with van der Waals surface area (Å²) in [6.45, 7) is 7.04. The van der Waals surface area contributed by atoms with E-state index in [1.807, 2.05) is 14.0 Å². The number of hydrogen-bond acceptors (Lipinski definition) is 2. The fourth-order valence-corrected chi connectivity index (χ4v) is 2.11. The molecule has 0 amide bonds. The molecule has 1 aliphatic rings. The summed E-state index contributed by atoms with van der Waals surface area (Å²) < 4.78 is 5.31. The second kappa shape index (κ2) is 12.0. The minimum Gasteiger partial charge on any atom is -0.382 e. The van der Waals surface area contributed by atoms with Gasteiger partial charge >= 0.3 is 0 Å². The Morgan fingerprint density at radius 3 is 2.56 bits per heavy atom. The smallest absolute Gasteiger partial charge is 0.193 e. The lowest BCUT2D eigenvalue weighted by Crippen LogP contribution is -2.44. The lowest BCUT2D eigenvalue weighted by Gasteiger charge is -2.30. The van der Waals surface area contributed by atoms with Crippen LogP contribution in [0.5, 0.6) is 0 Å². The van der Waals surface area contributed by atoms with E-state index in [-0.39, 0.29) is 24.0 Å². The number of ether oxygens (including phenoxy) is 1. The maximum absolute atomic E-state index is 5.31. The van der Waals surface area contributed by atoms with Crippen LogP contribution in [-0.2, 0) is 4.74 Å². The summed E-state index contributed by atoms with van der Waals surface area (Å²) in [5, 5.41) is 3.44. The summed E-state index contributed by atoms with van der Waals surface area (Å²) in [6.07, 6.45) is 6.22. The number of hydrogen-bond donors (Lipinski definition) is 1. The lowest BCUT2D eigenvalue weighted by molar-refractivity contribution is 0.143. The number of likely N-dealkylation sites (tertiary alicyclic amines) is 1. The molecule has 1 N–H and O–H groups in total. The van der Waals surface area contributed by atoms with Crippen LogP contribution >= 0.6 is 24.0 Å². The summed E-state index contributed by atoms with van der Waals surface area (Å²) in [7, 11) is 1.87. The van der Waals surface area contributed by atoms with Crippen LogP contribution in [0.4, 0.5) is 0 Å². The molecule has 1 rings (SSSR count). The molecule has 0 aliphatic carbocycles. The third kappa shape index (κ3) is 7.41. The van der Waals surface area contributed by atoms with Gasteiger partial charge in [0.25, 0.3) is 0 Å². The minimum absolute atomic E-state index is 0. The molecule has 1 aliphatic heterocycles. The minimum atomic E-state index is 0. The maximum atomic E-state index is 5.31. The first kappa shape index (κ1) is 18.0. The molecule has 0 aromatic rings. The summed E-state index contributed by atoms with van der Waals surface area (Å²) in [5.41, 5.74) is 0. The van der Waals surface area contributed by atoms with Crippen molar-refractivity contribution in [1.82, 2.24) is 10.2 Å². The molecule has 0 atom stereocenters. The van der Waals surface area contributed by atoms with E-state index < -0.39 is 0 Å². The van der Waals surface area contributed by atoms with Crippen molar-refractivity contribution in [2.45, 2.75) is 39.0 Å². The van der Waals surface area contributed by atoms with Gasteiger partial charge in [0.1, 0.15) is 0 Å². The van der Waals surface area contributed by atoms with Crippen molar-refractivity contribution in [3.05, 3.63) is 0 Å². The van der Waals surface area contributed by atoms with Crippen molar-refractivity contribution in [2.24, 2.45) is 4.99 Å². The molecule has 108 valence electrons. The highest BCUT2D eigenvalue weighted by Crippen LogP contribution is 2.08. The van der Waals surface area contributed by atoms with Crippen LogP contribution in [0.25, 0.3) is 0 Å². The number of piperidine rings is 1. The largest absolute Gasteiger partial charge is 0.382 e. The average Bonchev–Trinajstić information content (AvgIpc) is 2.39. The molecule has 18 heavy (non-hydrogen) atoms. The van der Waals surface area contributed by atoms with Crippen LogP contribution < -0.4 is 5.32 Å². The van der Waals surface area contributed by atoms with Gasteiger partial charge in [0.15, 0.2) is 5.96 Å². The zero-order chi connectivity index (χ0) is 12.3. The van der Waals surface area contributed by atoms with Crippen LogP contribution in [0.3, 0.4) is 0 Å². The Morgan fingerprint density at radius 2 is 1.94 bits per heavy atom. The van der Waals surface area contributed by atoms with Crippen LogP contribution in [-0.4, -0.2) is 50.8 Å². The number of unbranched alkanes of at least 4 members (excludes halogenated alkanes) is 1. The molecule has 1 heterocycles. The van der Waals surface area contributed by atoms with Gasteiger partial charge in [-0.15, -0.1) is 24.0 Å². The molecule has 0 unspecified atom stereocenters. The Morgan fingerprint density at radius 1 is 1.22 bits per heavy atom. The normalized spacial score (nSPS) is 16.3. The summed E-state index contributed by atoms with van der Waals surface area (Å²) in [5.74, 6) is 1.07. The highest BCUT2D eigenvalue weighted by atomic mass is 127. The van der Waals surface area contributed by atoms with Gasteiger partial charge in [-0.25, -0.2) is 0 Å². The first-order valence-corrected chi connectivity index (χ1v) is 6.91. The number of rotatable bonds is 6. The average molecular weight is 369 g/mol. The number of aliphatic imine (C=N–C) groups is 1. The summed E-state index contributed by atoms with van der Waals surface area (Å²) >= 11 is 0. The van der Waals surface area contributed by atoms with Crippen LogP contribution in [0.1, 0.15) is 39.0 Å². The van der Waals surface area contributed by atoms with Gasteiger partial charge in [0, 0.05) is 39.9 Å². The molecule has 0 saturated carbocycles. The Labute approximate surface area is 129 Å². The Kier molecular flexibility index (Phi) is 12.0. The van der Waals surface area contributed by atoms with Crippen LogP contribution in [0.15, 0.2) is 4.99 Å². The monoisotopic (exact) mass is 369 g/mol. The van der Waals surface area contributed by atoms with Crippen molar-refractivity contribution < 1.29 is 4.74 Å². The zero-order valence-corrected chi connectivity index (χ0v) is 14.1. The number of guanidine groups is 1. The Bertz CT molecular complexity index is 218. The molecule has 4 nitrogen and oxygen atoms in total. The highest BCUT2D eigenvalue weighted by molar-refractivity contribution is 14.0. The van der Waals surface area contributed by atoms with Gasteiger partial charge in [-0.3, -0.25) is 4.99 Å². The second-order valence-corrected chi connectivity index (χ2v) is 4.43. The second-order valence-electron chi connectivity index (χ2n) is 4.43. The van der Waals surface area contributed by atoms with Gasteiger partial charge < -0.3 is 15.0 Å². The Hall–Kier alpha value is -0.0400. The molecule has 0 radical (unpaired) electrons. The van der Waals surface area contributed by atoms with E-state index in [1.165, 1.54) is 19.3 Å². The van der Waals surface area contributed by atoms with Crippen molar-refractivity contribution in [2.75, 3.05) is 39.9 Å². The topological polar surface area (TPSA) is 36.9 Å².